The first-order valence-electron chi connectivity index (χ1n) is 6.63. The lowest BCUT2D eigenvalue weighted by Crippen LogP contribution is -2.47. The number of likely N-dealkylation sites (tertiary alicyclic amines) is 1. The highest BCUT2D eigenvalue weighted by Gasteiger charge is 2.40. The van der Waals surface area contributed by atoms with Crippen LogP contribution < -0.4 is 5.73 Å². The topological polar surface area (TPSA) is 29.3 Å². The van der Waals surface area contributed by atoms with E-state index in [2.05, 4.69) is 4.90 Å². The van der Waals surface area contributed by atoms with E-state index in [9.17, 15) is 0 Å². The monoisotopic (exact) mass is 284 g/mol. The lowest BCUT2D eigenvalue weighted by atomic mass is 9.90. The maximum atomic E-state index is 6.35. The van der Waals surface area contributed by atoms with Gasteiger partial charge in [0.2, 0.25) is 0 Å². The van der Waals surface area contributed by atoms with Gasteiger partial charge < -0.3 is 5.73 Å². The smallest absolute Gasteiger partial charge is 0.0531 e. The van der Waals surface area contributed by atoms with Crippen LogP contribution >= 0.6 is 23.2 Å². The molecule has 18 heavy (non-hydrogen) atoms. The number of rotatable bonds is 2. The van der Waals surface area contributed by atoms with Gasteiger partial charge in [0.05, 0.1) is 6.04 Å². The van der Waals surface area contributed by atoms with Crippen LogP contribution in [0.15, 0.2) is 18.2 Å². The third-order valence-corrected chi connectivity index (χ3v) is 4.69. The second-order valence-electron chi connectivity index (χ2n) is 5.36. The number of benzene rings is 1. The normalized spacial score (nSPS) is 29.5. The van der Waals surface area contributed by atoms with Gasteiger partial charge >= 0.3 is 0 Å². The Morgan fingerprint density at radius 3 is 2.39 bits per heavy atom. The summed E-state index contributed by atoms with van der Waals surface area (Å²) in [6, 6.07) is 6.73. The van der Waals surface area contributed by atoms with Gasteiger partial charge in [0, 0.05) is 27.7 Å². The highest BCUT2D eigenvalue weighted by molar-refractivity contribution is 6.36. The van der Waals surface area contributed by atoms with Crippen molar-refractivity contribution >= 4 is 23.2 Å². The van der Waals surface area contributed by atoms with Gasteiger partial charge in [-0.25, -0.2) is 0 Å². The molecule has 2 unspecified atom stereocenters. The summed E-state index contributed by atoms with van der Waals surface area (Å²) < 4.78 is 0. The summed E-state index contributed by atoms with van der Waals surface area (Å²) >= 11 is 12.7. The molecule has 0 bridgehead atoms. The average Bonchev–Trinajstić information content (AvgIpc) is 3.14. The van der Waals surface area contributed by atoms with E-state index in [-0.39, 0.29) is 12.1 Å². The Morgan fingerprint density at radius 1 is 1.11 bits per heavy atom. The first kappa shape index (κ1) is 12.7. The molecule has 1 aliphatic carbocycles. The van der Waals surface area contributed by atoms with Gasteiger partial charge in [-0.1, -0.05) is 29.3 Å². The van der Waals surface area contributed by atoms with E-state index in [1.54, 1.807) is 0 Å². The molecule has 2 nitrogen and oxygen atoms in total. The summed E-state index contributed by atoms with van der Waals surface area (Å²) in [5, 5.41) is 1.49. The average molecular weight is 285 g/mol. The molecule has 2 aliphatic rings. The predicted molar refractivity (Wildman–Crippen MR) is 76.1 cm³/mol. The molecule has 3 rings (SSSR count). The van der Waals surface area contributed by atoms with E-state index in [0.717, 1.165) is 28.6 Å². The van der Waals surface area contributed by atoms with Crippen LogP contribution in [0.3, 0.4) is 0 Å². The number of hydrogen-bond acceptors (Lipinski definition) is 2. The summed E-state index contributed by atoms with van der Waals surface area (Å²) in [6.45, 7) is 1.12. The van der Waals surface area contributed by atoms with Crippen molar-refractivity contribution in [1.82, 2.24) is 4.90 Å². The maximum Gasteiger partial charge on any atom is 0.0531 e. The molecule has 1 aromatic carbocycles. The maximum absolute atomic E-state index is 6.35. The van der Waals surface area contributed by atoms with Crippen molar-refractivity contribution in [3.63, 3.8) is 0 Å². The summed E-state index contributed by atoms with van der Waals surface area (Å²) in [5.41, 5.74) is 7.37. The Morgan fingerprint density at radius 2 is 1.78 bits per heavy atom. The number of nitrogens with zero attached hydrogens (tertiary/aromatic N) is 1. The Kier molecular flexibility index (Phi) is 3.55. The molecule has 1 saturated carbocycles. The van der Waals surface area contributed by atoms with E-state index in [4.69, 9.17) is 28.9 Å². The number of piperidine rings is 1. The lowest BCUT2D eigenvalue weighted by molar-refractivity contribution is 0.120. The van der Waals surface area contributed by atoms with Gasteiger partial charge in [-0.3, -0.25) is 4.90 Å². The molecule has 0 spiro atoms. The second kappa shape index (κ2) is 5.01. The van der Waals surface area contributed by atoms with Crippen molar-refractivity contribution in [2.75, 3.05) is 6.54 Å². The summed E-state index contributed by atoms with van der Waals surface area (Å²) in [5.74, 6) is 0. The molecule has 1 heterocycles. The molecule has 2 fully saturated rings. The van der Waals surface area contributed by atoms with Crippen LogP contribution in [0.5, 0.6) is 0 Å². The zero-order valence-corrected chi connectivity index (χ0v) is 11.8. The van der Waals surface area contributed by atoms with Crippen LogP contribution in [-0.4, -0.2) is 23.5 Å². The van der Waals surface area contributed by atoms with E-state index in [0.29, 0.717) is 6.04 Å². The van der Waals surface area contributed by atoms with Crippen molar-refractivity contribution in [2.45, 2.75) is 43.8 Å². The van der Waals surface area contributed by atoms with Gasteiger partial charge in [-0.05, 0) is 44.4 Å². The minimum absolute atomic E-state index is 0.136. The van der Waals surface area contributed by atoms with Crippen molar-refractivity contribution in [2.24, 2.45) is 5.73 Å². The Bertz CT molecular complexity index is 425. The molecular weight excluding hydrogens is 267 g/mol. The second-order valence-corrected chi connectivity index (χ2v) is 6.17. The fourth-order valence-corrected chi connectivity index (χ4v) is 3.66. The van der Waals surface area contributed by atoms with Crippen molar-refractivity contribution in [3.8, 4) is 0 Å². The molecule has 1 aromatic rings. The lowest BCUT2D eigenvalue weighted by Gasteiger charge is -2.41. The molecule has 1 saturated heterocycles. The highest BCUT2D eigenvalue weighted by atomic mass is 35.5. The Hall–Kier alpha value is -0.280. The zero-order valence-electron chi connectivity index (χ0n) is 10.3. The Balaban J connectivity index is 2.00. The molecule has 2 N–H and O–H groups in total. The third-order valence-electron chi connectivity index (χ3n) is 4.03. The number of nitrogens with two attached hydrogens (primary N) is 1. The standard InChI is InChI=1S/C14H18Cl2N2/c15-10-3-1-4-11(16)13(10)14-12(17)5-2-8-18(14)9-6-7-9/h1,3-4,9,12,14H,2,5-8,17H2. The molecule has 0 amide bonds. The van der Waals surface area contributed by atoms with E-state index in [1.165, 1.54) is 19.3 Å². The summed E-state index contributed by atoms with van der Waals surface area (Å²) in [6.07, 6.45) is 4.79. The van der Waals surface area contributed by atoms with E-state index in [1.807, 2.05) is 18.2 Å². The minimum atomic E-state index is 0.136. The van der Waals surface area contributed by atoms with E-state index >= 15 is 0 Å². The van der Waals surface area contributed by atoms with E-state index < -0.39 is 0 Å². The molecular formula is C14H18Cl2N2. The number of halogens is 2. The molecule has 2 atom stereocenters. The molecule has 4 heteroatoms. The van der Waals surface area contributed by atoms with Gasteiger partial charge in [-0.15, -0.1) is 0 Å². The van der Waals surface area contributed by atoms with Crippen molar-refractivity contribution in [3.05, 3.63) is 33.8 Å². The van der Waals surface area contributed by atoms with Gasteiger partial charge in [0.15, 0.2) is 0 Å². The first-order chi connectivity index (χ1) is 8.68. The SMILES string of the molecule is NC1CCCN(C2CC2)C1c1c(Cl)cccc1Cl. The largest absolute Gasteiger partial charge is 0.326 e. The minimum Gasteiger partial charge on any atom is -0.326 e. The first-order valence-corrected chi connectivity index (χ1v) is 7.39. The van der Waals surface area contributed by atoms with Gasteiger partial charge in [0.25, 0.3) is 0 Å². The van der Waals surface area contributed by atoms with Crippen LogP contribution in [0.25, 0.3) is 0 Å². The van der Waals surface area contributed by atoms with Crippen LogP contribution in [0.2, 0.25) is 10.0 Å². The number of hydrogen-bond donors (Lipinski definition) is 1. The summed E-state index contributed by atoms with van der Waals surface area (Å²) in [7, 11) is 0. The van der Waals surface area contributed by atoms with Crippen LogP contribution in [-0.2, 0) is 0 Å². The molecule has 0 radical (unpaired) electrons. The molecule has 0 aromatic heterocycles. The fraction of sp³-hybridized carbons (Fsp3) is 0.571. The molecule has 98 valence electrons. The van der Waals surface area contributed by atoms with Crippen LogP contribution in [0.4, 0.5) is 0 Å². The van der Waals surface area contributed by atoms with Crippen LogP contribution in [0, 0.1) is 0 Å². The third kappa shape index (κ3) is 2.27. The van der Waals surface area contributed by atoms with Crippen LogP contribution in [0.1, 0.15) is 37.3 Å². The van der Waals surface area contributed by atoms with Crippen molar-refractivity contribution in [1.29, 1.82) is 0 Å². The van der Waals surface area contributed by atoms with Gasteiger partial charge in [0.1, 0.15) is 0 Å². The predicted octanol–water partition coefficient (Wildman–Crippen LogP) is 3.62. The Labute approximate surface area is 118 Å². The van der Waals surface area contributed by atoms with Gasteiger partial charge in [-0.2, -0.15) is 0 Å². The summed E-state index contributed by atoms with van der Waals surface area (Å²) in [4.78, 5) is 2.52. The highest BCUT2D eigenvalue weighted by Crippen LogP contribution is 2.43. The van der Waals surface area contributed by atoms with Crippen molar-refractivity contribution < 1.29 is 0 Å². The zero-order chi connectivity index (χ0) is 12.7. The quantitative estimate of drug-likeness (QED) is 0.899. The fourth-order valence-electron chi connectivity index (χ4n) is 3.04. The molecule has 1 aliphatic heterocycles.